The van der Waals surface area contributed by atoms with Crippen molar-refractivity contribution in [3.63, 3.8) is 0 Å². The summed E-state index contributed by atoms with van der Waals surface area (Å²) in [5, 5.41) is 3.10. The summed E-state index contributed by atoms with van der Waals surface area (Å²) >= 11 is 5.78. The maximum atomic E-state index is 12.1. The second-order valence-electron chi connectivity index (χ2n) is 4.17. The maximum absolute atomic E-state index is 12.1. The van der Waals surface area contributed by atoms with Crippen molar-refractivity contribution in [2.24, 2.45) is 0 Å². The van der Waals surface area contributed by atoms with E-state index in [2.05, 4.69) is 10.3 Å². The van der Waals surface area contributed by atoms with Gasteiger partial charge in [0.05, 0.1) is 12.3 Å². The molecule has 0 saturated carbocycles. The van der Waals surface area contributed by atoms with Crippen LogP contribution in [-0.4, -0.2) is 17.5 Å². The number of amides is 1. The number of benzene rings is 1. The summed E-state index contributed by atoms with van der Waals surface area (Å²) in [6.45, 7) is 2.63. The smallest absolute Gasteiger partial charge is 0.255 e. The quantitative estimate of drug-likeness (QED) is 0.853. The van der Waals surface area contributed by atoms with E-state index >= 15 is 0 Å². The molecule has 0 saturated heterocycles. The van der Waals surface area contributed by atoms with Crippen LogP contribution >= 0.6 is 11.6 Å². The Kier molecular flexibility index (Phi) is 4.96. The van der Waals surface area contributed by atoms with E-state index in [0.717, 1.165) is 6.42 Å². The maximum Gasteiger partial charge on any atom is 0.255 e. The van der Waals surface area contributed by atoms with Gasteiger partial charge in [0.2, 0.25) is 0 Å². The van der Waals surface area contributed by atoms with Crippen molar-refractivity contribution in [2.45, 2.75) is 13.3 Å². The molecule has 5 heteroatoms. The Hall–Kier alpha value is -2.07. The van der Waals surface area contributed by atoms with Crippen LogP contribution < -0.4 is 10.1 Å². The van der Waals surface area contributed by atoms with Crippen molar-refractivity contribution in [3.8, 4) is 5.75 Å². The van der Waals surface area contributed by atoms with Gasteiger partial charge in [-0.2, -0.15) is 0 Å². The molecule has 104 valence electrons. The summed E-state index contributed by atoms with van der Waals surface area (Å²) in [7, 11) is 0. The Morgan fingerprint density at radius 3 is 2.90 bits per heavy atom. The lowest BCUT2D eigenvalue weighted by molar-refractivity contribution is 0.102. The zero-order valence-corrected chi connectivity index (χ0v) is 11.9. The molecule has 0 unspecified atom stereocenters. The lowest BCUT2D eigenvalue weighted by Crippen LogP contribution is -2.13. The Labute approximate surface area is 122 Å². The summed E-state index contributed by atoms with van der Waals surface area (Å²) in [6.07, 6.45) is 2.40. The van der Waals surface area contributed by atoms with Gasteiger partial charge in [-0.1, -0.05) is 30.7 Å². The van der Waals surface area contributed by atoms with Gasteiger partial charge in [-0.15, -0.1) is 0 Å². The number of hydrogen-bond donors (Lipinski definition) is 1. The van der Waals surface area contributed by atoms with Gasteiger partial charge in [0.1, 0.15) is 10.9 Å². The molecule has 1 heterocycles. The SMILES string of the molecule is CCCOc1ccccc1NC(=O)c1ccnc(Cl)c1. The van der Waals surface area contributed by atoms with Gasteiger partial charge < -0.3 is 10.1 Å². The highest BCUT2D eigenvalue weighted by molar-refractivity contribution is 6.29. The van der Waals surface area contributed by atoms with Crippen LogP contribution in [-0.2, 0) is 0 Å². The highest BCUT2D eigenvalue weighted by Crippen LogP contribution is 2.24. The molecule has 4 nitrogen and oxygen atoms in total. The third-order valence-electron chi connectivity index (χ3n) is 2.59. The Morgan fingerprint density at radius 1 is 1.35 bits per heavy atom. The molecule has 1 aromatic heterocycles. The van der Waals surface area contributed by atoms with Gasteiger partial charge >= 0.3 is 0 Å². The number of rotatable bonds is 5. The zero-order valence-electron chi connectivity index (χ0n) is 11.1. The predicted molar refractivity (Wildman–Crippen MR) is 79.4 cm³/mol. The van der Waals surface area contributed by atoms with E-state index in [1.54, 1.807) is 12.1 Å². The first-order valence-electron chi connectivity index (χ1n) is 6.35. The molecule has 20 heavy (non-hydrogen) atoms. The van der Waals surface area contributed by atoms with Crippen LogP contribution in [0.1, 0.15) is 23.7 Å². The van der Waals surface area contributed by atoms with Gasteiger partial charge in [-0.05, 0) is 30.7 Å². The Bertz CT molecular complexity index is 602. The minimum absolute atomic E-state index is 0.248. The minimum atomic E-state index is -0.248. The van der Waals surface area contributed by atoms with Crippen LogP contribution in [0.25, 0.3) is 0 Å². The molecule has 1 amide bonds. The van der Waals surface area contributed by atoms with Crippen LogP contribution in [0.5, 0.6) is 5.75 Å². The Morgan fingerprint density at radius 2 is 2.15 bits per heavy atom. The molecule has 0 fully saturated rings. The third kappa shape index (κ3) is 3.71. The minimum Gasteiger partial charge on any atom is -0.491 e. The number of halogens is 1. The number of anilines is 1. The summed E-state index contributed by atoms with van der Waals surface area (Å²) in [6, 6.07) is 10.5. The number of hydrogen-bond acceptors (Lipinski definition) is 3. The molecular weight excluding hydrogens is 276 g/mol. The summed E-state index contributed by atoms with van der Waals surface area (Å²) < 4.78 is 5.59. The molecule has 0 bridgehead atoms. The van der Waals surface area contributed by atoms with E-state index in [4.69, 9.17) is 16.3 Å². The number of nitrogens with zero attached hydrogens (tertiary/aromatic N) is 1. The standard InChI is InChI=1S/C15H15ClN2O2/c1-2-9-20-13-6-4-3-5-12(13)18-15(19)11-7-8-17-14(16)10-11/h3-8,10H,2,9H2,1H3,(H,18,19). The zero-order chi connectivity index (χ0) is 14.4. The molecule has 1 N–H and O–H groups in total. The van der Waals surface area contributed by atoms with E-state index in [9.17, 15) is 4.79 Å². The summed E-state index contributed by atoms with van der Waals surface area (Å²) in [5.74, 6) is 0.407. The van der Waals surface area contributed by atoms with Crippen molar-refractivity contribution in [1.82, 2.24) is 4.98 Å². The average Bonchev–Trinajstić information content (AvgIpc) is 2.46. The van der Waals surface area contributed by atoms with Crippen LogP contribution in [0.3, 0.4) is 0 Å². The molecular formula is C15H15ClN2O2. The molecule has 0 spiro atoms. The van der Waals surface area contributed by atoms with Crippen molar-refractivity contribution in [3.05, 3.63) is 53.3 Å². The number of para-hydroxylation sites is 2. The first-order valence-corrected chi connectivity index (χ1v) is 6.73. The van der Waals surface area contributed by atoms with Gasteiger partial charge in [-0.25, -0.2) is 4.98 Å². The highest BCUT2D eigenvalue weighted by atomic mass is 35.5. The fraction of sp³-hybridized carbons (Fsp3) is 0.200. The van der Waals surface area contributed by atoms with Crippen LogP contribution in [0, 0.1) is 0 Å². The summed E-state index contributed by atoms with van der Waals surface area (Å²) in [5.41, 5.74) is 1.09. The lowest BCUT2D eigenvalue weighted by Gasteiger charge is -2.11. The highest BCUT2D eigenvalue weighted by Gasteiger charge is 2.10. The molecule has 0 radical (unpaired) electrons. The second kappa shape index (κ2) is 6.91. The van der Waals surface area contributed by atoms with E-state index in [1.165, 1.54) is 12.3 Å². The normalized spacial score (nSPS) is 10.1. The van der Waals surface area contributed by atoms with Crippen molar-refractivity contribution in [1.29, 1.82) is 0 Å². The number of carbonyl (C=O) groups excluding carboxylic acids is 1. The van der Waals surface area contributed by atoms with E-state index in [0.29, 0.717) is 23.6 Å². The predicted octanol–water partition coefficient (Wildman–Crippen LogP) is 3.78. The molecule has 0 aliphatic rings. The fourth-order valence-corrected chi connectivity index (χ4v) is 1.82. The van der Waals surface area contributed by atoms with Gasteiger partial charge in [0.15, 0.2) is 0 Å². The van der Waals surface area contributed by atoms with Crippen LogP contribution in [0.15, 0.2) is 42.6 Å². The first-order chi connectivity index (χ1) is 9.70. The van der Waals surface area contributed by atoms with Crippen molar-refractivity contribution >= 4 is 23.2 Å². The molecule has 0 aliphatic heterocycles. The summed E-state index contributed by atoms with van der Waals surface area (Å²) in [4.78, 5) is 16.0. The van der Waals surface area contributed by atoms with Crippen LogP contribution in [0.2, 0.25) is 5.15 Å². The van der Waals surface area contributed by atoms with Gasteiger partial charge in [0.25, 0.3) is 5.91 Å². The first kappa shape index (κ1) is 14.3. The molecule has 2 rings (SSSR count). The molecule has 0 aliphatic carbocycles. The Balaban J connectivity index is 2.15. The van der Waals surface area contributed by atoms with Gasteiger partial charge in [0, 0.05) is 11.8 Å². The number of nitrogens with one attached hydrogen (secondary N) is 1. The topological polar surface area (TPSA) is 51.2 Å². The van der Waals surface area contributed by atoms with Crippen molar-refractivity contribution in [2.75, 3.05) is 11.9 Å². The van der Waals surface area contributed by atoms with E-state index in [-0.39, 0.29) is 11.1 Å². The number of ether oxygens (including phenoxy) is 1. The number of aromatic nitrogens is 1. The van der Waals surface area contributed by atoms with Crippen molar-refractivity contribution < 1.29 is 9.53 Å². The molecule has 0 atom stereocenters. The molecule has 2 aromatic rings. The fourth-order valence-electron chi connectivity index (χ4n) is 1.65. The largest absolute Gasteiger partial charge is 0.491 e. The number of pyridine rings is 1. The third-order valence-corrected chi connectivity index (χ3v) is 2.79. The average molecular weight is 291 g/mol. The monoisotopic (exact) mass is 290 g/mol. The number of carbonyl (C=O) groups is 1. The van der Waals surface area contributed by atoms with Crippen LogP contribution in [0.4, 0.5) is 5.69 Å². The molecule has 1 aromatic carbocycles. The van der Waals surface area contributed by atoms with E-state index in [1.807, 2.05) is 25.1 Å². The lowest BCUT2D eigenvalue weighted by atomic mass is 10.2. The second-order valence-corrected chi connectivity index (χ2v) is 4.55. The van der Waals surface area contributed by atoms with E-state index < -0.39 is 0 Å². The van der Waals surface area contributed by atoms with Gasteiger partial charge in [-0.3, -0.25) is 4.79 Å².